The second-order valence-electron chi connectivity index (χ2n) is 4.35. The minimum atomic E-state index is 0.715. The Kier molecular flexibility index (Phi) is 6.92. The quantitative estimate of drug-likeness (QED) is 0.587. The predicted octanol–water partition coefficient (Wildman–Crippen LogP) is 0.191. The molecule has 0 aromatic heterocycles. The van der Waals surface area contributed by atoms with Crippen LogP contribution in [0.15, 0.2) is 0 Å². The fourth-order valence-electron chi connectivity index (χ4n) is 1.54. The Hall–Kier alpha value is -0.160. The van der Waals surface area contributed by atoms with Gasteiger partial charge in [-0.15, -0.1) is 0 Å². The molecule has 0 aromatic rings. The van der Waals surface area contributed by atoms with Crippen molar-refractivity contribution in [3.05, 3.63) is 0 Å². The van der Waals surface area contributed by atoms with E-state index < -0.39 is 0 Å². The smallest absolute Gasteiger partial charge is 0.0593 e. The van der Waals surface area contributed by atoms with E-state index in [1.807, 2.05) is 0 Å². The molecule has 0 aromatic carbocycles. The molecular weight excluding hydrogens is 192 g/mol. The molecule has 90 valence electrons. The summed E-state index contributed by atoms with van der Waals surface area (Å²) in [5.74, 6) is 0.715. The minimum absolute atomic E-state index is 0.715. The zero-order chi connectivity index (χ0) is 10.9. The monoisotopic (exact) mass is 216 g/mol. The summed E-state index contributed by atoms with van der Waals surface area (Å²) in [4.78, 5) is 2.13. The number of nitrogens with one attached hydrogen (secondary N) is 1. The van der Waals surface area contributed by atoms with Crippen molar-refractivity contribution < 1.29 is 9.47 Å². The topological polar surface area (TPSA) is 33.7 Å². The third-order valence-electron chi connectivity index (χ3n) is 2.56. The molecule has 1 aliphatic heterocycles. The van der Waals surface area contributed by atoms with Crippen LogP contribution < -0.4 is 5.32 Å². The molecule has 0 radical (unpaired) electrons. The highest BCUT2D eigenvalue weighted by molar-refractivity contribution is 4.66. The van der Waals surface area contributed by atoms with Crippen molar-refractivity contribution in [1.29, 1.82) is 0 Å². The number of nitrogens with zero attached hydrogens (tertiary/aromatic N) is 1. The van der Waals surface area contributed by atoms with Gasteiger partial charge < -0.3 is 19.7 Å². The van der Waals surface area contributed by atoms with Gasteiger partial charge in [-0.3, -0.25) is 0 Å². The number of ether oxygens (including phenoxy) is 2. The molecule has 0 aliphatic carbocycles. The Morgan fingerprint density at radius 3 is 2.93 bits per heavy atom. The van der Waals surface area contributed by atoms with Gasteiger partial charge in [-0.1, -0.05) is 0 Å². The van der Waals surface area contributed by atoms with E-state index in [9.17, 15) is 0 Å². The molecule has 0 amide bonds. The summed E-state index contributed by atoms with van der Waals surface area (Å²) in [5.41, 5.74) is 0. The van der Waals surface area contributed by atoms with Crippen LogP contribution in [0.3, 0.4) is 0 Å². The number of rotatable bonds is 8. The van der Waals surface area contributed by atoms with Crippen LogP contribution >= 0.6 is 0 Å². The molecule has 15 heavy (non-hydrogen) atoms. The lowest BCUT2D eigenvalue weighted by Gasteiger charge is -2.11. The highest BCUT2D eigenvalue weighted by atomic mass is 16.5. The van der Waals surface area contributed by atoms with Crippen molar-refractivity contribution in [3.63, 3.8) is 0 Å². The molecule has 1 atom stereocenters. The molecule has 1 N–H and O–H groups in total. The maximum atomic E-state index is 5.47. The average molecular weight is 216 g/mol. The van der Waals surface area contributed by atoms with Crippen LogP contribution in [0.4, 0.5) is 0 Å². The molecule has 4 nitrogen and oxygen atoms in total. The molecule has 1 heterocycles. The minimum Gasteiger partial charge on any atom is -0.381 e. The van der Waals surface area contributed by atoms with Crippen LogP contribution in [0.1, 0.15) is 6.42 Å². The van der Waals surface area contributed by atoms with E-state index in [2.05, 4.69) is 24.3 Å². The van der Waals surface area contributed by atoms with Crippen molar-refractivity contribution in [2.45, 2.75) is 6.42 Å². The van der Waals surface area contributed by atoms with Crippen molar-refractivity contribution in [2.75, 3.05) is 60.2 Å². The van der Waals surface area contributed by atoms with E-state index in [1.165, 1.54) is 6.42 Å². The second-order valence-corrected chi connectivity index (χ2v) is 4.35. The first-order valence-electron chi connectivity index (χ1n) is 5.80. The fraction of sp³-hybridized carbons (Fsp3) is 1.00. The fourth-order valence-corrected chi connectivity index (χ4v) is 1.54. The van der Waals surface area contributed by atoms with E-state index in [0.29, 0.717) is 5.92 Å². The van der Waals surface area contributed by atoms with Crippen molar-refractivity contribution in [2.24, 2.45) is 5.92 Å². The lowest BCUT2D eigenvalue weighted by atomic mass is 10.1. The first-order valence-corrected chi connectivity index (χ1v) is 5.80. The van der Waals surface area contributed by atoms with Gasteiger partial charge in [-0.25, -0.2) is 0 Å². The Balaban J connectivity index is 1.76. The molecule has 0 spiro atoms. The Bertz CT molecular complexity index is 148. The van der Waals surface area contributed by atoms with Gasteiger partial charge in [0.05, 0.1) is 19.8 Å². The summed E-state index contributed by atoms with van der Waals surface area (Å²) >= 11 is 0. The molecular formula is C11H24N2O2. The van der Waals surface area contributed by atoms with Gasteiger partial charge in [-0.05, 0) is 26.4 Å². The highest BCUT2D eigenvalue weighted by Gasteiger charge is 2.14. The standard InChI is InChI=1S/C11H24N2O2/c1-13(2)5-8-14-7-4-12-9-11-3-6-15-10-11/h11-12H,3-10H2,1-2H3. The summed E-state index contributed by atoms with van der Waals surface area (Å²) in [6.07, 6.45) is 1.20. The second kappa shape index (κ2) is 8.05. The zero-order valence-corrected chi connectivity index (χ0v) is 10.00. The summed E-state index contributed by atoms with van der Waals surface area (Å²) in [7, 11) is 4.11. The first kappa shape index (κ1) is 12.9. The van der Waals surface area contributed by atoms with Crippen LogP contribution in [0.2, 0.25) is 0 Å². The summed E-state index contributed by atoms with van der Waals surface area (Å²) in [5, 5.41) is 3.40. The lowest BCUT2D eigenvalue weighted by Crippen LogP contribution is -2.27. The van der Waals surface area contributed by atoms with Gasteiger partial charge in [-0.2, -0.15) is 0 Å². The number of hydrogen-bond acceptors (Lipinski definition) is 4. The third kappa shape index (κ3) is 6.84. The predicted molar refractivity (Wildman–Crippen MR) is 61.2 cm³/mol. The highest BCUT2D eigenvalue weighted by Crippen LogP contribution is 2.10. The summed E-state index contributed by atoms with van der Waals surface area (Å²) < 4.78 is 10.8. The van der Waals surface area contributed by atoms with Gasteiger partial charge in [0, 0.05) is 26.2 Å². The zero-order valence-electron chi connectivity index (χ0n) is 10.00. The van der Waals surface area contributed by atoms with E-state index in [1.54, 1.807) is 0 Å². The number of hydrogen-bond donors (Lipinski definition) is 1. The van der Waals surface area contributed by atoms with E-state index in [-0.39, 0.29) is 0 Å². The van der Waals surface area contributed by atoms with Gasteiger partial charge in [0.25, 0.3) is 0 Å². The normalized spacial score (nSPS) is 21.4. The van der Waals surface area contributed by atoms with Gasteiger partial charge >= 0.3 is 0 Å². The van der Waals surface area contributed by atoms with E-state index >= 15 is 0 Å². The molecule has 1 aliphatic rings. The summed E-state index contributed by atoms with van der Waals surface area (Å²) in [6, 6.07) is 0. The molecule has 1 rings (SSSR count). The van der Waals surface area contributed by atoms with E-state index in [0.717, 1.165) is 46.1 Å². The average Bonchev–Trinajstić information content (AvgIpc) is 2.68. The van der Waals surface area contributed by atoms with Crippen LogP contribution in [0, 0.1) is 5.92 Å². The maximum absolute atomic E-state index is 5.47. The molecule has 1 saturated heterocycles. The van der Waals surface area contributed by atoms with Crippen LogP contribution in [0.25, 0.3) is 0 Å². The van der Waals surface area contributed by atoms with Crippen LogP contribution in [-0.2, 0) is 9.47 Å². The molecule has 1 fully saturated rings. The SMILES string of the molecule is CN(C)CCOCCNCC1CCOC1. The molecule has 4 heteroatoms. The van der Waals surface area contributed by atoms with Gasteiger partial charge in [0.1, 0.15) is 0 Å². The Morgan fingerprint density at radius 1 is 1.40 bits per heavy atom. The summed E-state index contributed by atoms with van der Waals surface area (Å²) in [6.45, 7) is 6.50. The van der Waals surface area contributed by atoms with Crippen LogP contribution in [-0.4, -0.2) is 65.1 Å². The number of likely N-dealkylation sites (N-methyl/N-ethyl adjacent to an activating group) is 1. The lowest BCUT2D eigenvalue weighted by molar-refractivity contribution is 0.118. The van der Waals surface area contributed by atoms with Gasteiger partial charge in [0.15, 0.2) is 0 Å². The molecule has 1 unspecified atom stereocenters. The van der Waals surface area contributed by atoms with Crippen molar-refractivity contribution in [1.82, 2.24) is 10.2 Å². The van der Waals surface area contributed by atoms with Gasteiger partial charge in [0.2, 0.25) is 0 Å². The van der Waals surface area contributed by atoms with E-state index in [4.69, 9.17) is 9.47 Å². The van der Waals surface area contributed by atoms with Crippen LogP contribution in [0.5, 0.6) is 0 Å². The maximum Gasteiger partial charge on any atom is 0.0593 e. The Morgan fingerprint density at radius 2 is 2.27 bits per heavy atom. The third-order valence-corrected chi connectivity index (χ3v) is 2.56. The van der Waals surface area contributed by atoms with Crippen molar-refractivity contribution in [3.8, 4) is 0 Å². The molecule has 0 bridgehead atoms. The Labute approximate surface area is 92.9 Å². The largest absolute Gasteiger partial charge is 0.381 e. The molecule has 0 saturated carbocycles. The first-order chi connectivity index (χ1) is 7.29. The van der Waals surface area contributed by atoms with Crippen molar-refractivity contribution >= 4 is 0 Å².